The van der Waals surface area contributed by atoms with Crippen molar-refractivity contribution in [1.82, 2.24) is 0 Å². The standard InChI is InChI=1S/C14H9BrN2O3/c1-9-2-3-11(15)7-14(9)20-13-5-4-12(17(18)19)6-10(13)8-16/h2-7H,1H3. The normalized spacial score (nSPS) is 9.85. The molecule has 0 amide bonds. The van der Waals surface area contributed by atoms with Crippen LogP contribution in [0, 0.1) is 28.4 Å². The zero-order valence-corrected chi connectivity index (χ0v) is 12.0. The molecule has 0 aliphatic carbocycles. The lowest BCUT2D eigenvalue weighted by molar-refractivity contribution is -0.384. The maximum Gasteiger partial charge on any atom is 0.271 e. The molecule has 0 fully saturated rings. The molecule has 6 heteroatoms. The molecule has 0 heterocycles. The maximum absolute atomic E-state index is 10.7. The Morgan fingerprint density at radius 2 is 2.00 bits per heavy atom. The average Bonchev–Trinajstić information content (AvgIpc) is 2.43. The molecule has 0 saturated carbocycles. The van der Waals surface area contributed by atoms with Crippen LogP contribution in [0.25, 0.3) is 0 Å². The SMILES string of the molecule is Cc1ccc(Br)cc1Oc1ccc([N+](=O)[O-])cc1C#N. The Morgan fingerprint density at radius 1 is 1.25 bits per heavy atom. The molecule has 5 nitrogen and oxygen atoms in total. The van der Waals surface area contributed by atoms with Crippen LogP contribution in [0.4, 0.5) is 5.69 Å². The Hall–Kier alpha value is -2.39. The molecule has 0 aliphatic heterocycles. The van der Waals surface area contributed by atoms with Crippen LogP contribution in [0.2, 0.25) is 0 Å². The highest BCUT2D eigenvalue weighted by molar-refractivity contribution is 9.10. The van der Waals surface area contributed by atoms with Crippen LogP contribution < -0.4 is 4.74 Å². The number of rotatable bonds is 3. The number of nitriles is 1. The van der Waals surface area contributed by atoms with E-state index in [0.717, 1.165) is 10.0 Å². The lowest BCUT2D eigenvalue weighted by atomic mass is 10.2. The summed E-state index contributed by atoms with van der Waals surface area (Å²) in [4.78, 5) is 10.1. The van der Waals surface area contributed by atoms with E-state index >= 15 is 0 Å². The van der Waals surface area contributed by atoms with Gasteiger partial charge in [-0.05, 0) is 30.7 Å². The van der Waals surface area contributed by atoms with Crippen molar-refractivity contribution in [3.05, 3.63) is 62.1 Å². The first-order chi connectivity index (χ1) is 9.51. The van der Waals surface area contributed by atoms with Gasteiger partial charge in [0, 0.05) is 16.6 Å². The zero-order chi connectivity index (χ0) is 14.7. The summed E-state index contributed by atoms with van der Waals surface area (Å²) in [6.07, 6.45) is 0. The van der Waals surface area contributed by atoms with Gasteiger partial charge < -0.3 is 4.74 Å². The molecule has 0 atom stereocenters. The Kier molecular flexibility index (Phi) is 4.01. The lowest BCUT2D eigenvalue weighted by Gasteiger charge is -2.10. The van der Waals surface area contributed by atoms with Crippen LogP contribution in [0.1, 0.15) is 11.1 Å². The molecule has 0 aromatic heterocycles. The molecule has 100 valence electrons. The fourth-order valence-corrected chi connectivity index (χ4v) is 1.95. The number of ether oxygens (including phenoxy) is 1. The summed E-state index contributed by atoms with van der Waals surface area (Å²) in [6.45, 7) is 1.87. The fraction of sp³-hybridized carbons (Fsp3) is 0.0714. The average molecular weight is 333 g/mol. The number of non-ortho nitro benzene ring substituents is 1. The van der Waals surface area contributed by atoms with Crippen molar-refractivity contribution >= 4 is 21.6 Å². The van der Waals surface area contributed by atoms with Crippen molar-refractivity contribution in [3.8, 4) is 17.6 Å². The highest BCUT2D eigenvalue weighted by atomic mass is 79.9. The van der Waals surface area contributed by atoms with Crippen molar-refractivity contribution in [3.63, 3.8) is 0 Å². The van der Waals surface area contributed by atoms with Crippen molar-refractivity contribution in [2.75, 3.05) is 0 Å². The first-order valence-corrected chi connectivity index (χ1v) is 6.43. The smallest absolute Gasteiger partial charge is 0.271 e. The van der Waals surface area contributed by atoms with Gasteiger partial charge >= 0.3 is 0 Å². The number of nitro groups is 1. The van der Waals surface area contributed by atoms with E-state index in [4.69, 9.17) is 10.00 Å². The minimum atomic E-state index is -0.547. The highest BCUT2D eigenvalue weighted by Gasteiger charge is 2.13. The molecule has 0 bridgehead atoms. The van der Waals surface area contributed by atoms with Gasteiger partial charge in [0.25, 0.3) is 5.69 Å². The van der Waals surface area contributed by atoms with Gasteiger partial charge in [-0.3, -0.25) is 10.1 Å². The molecule has 2 aromatic carbocycles. The first kappa shape index (κ1) is 14.0. The van der Waals surface area contributed by atoms with Crippen LogP contribution in [-0.2, 0) is 0 Å². The van der Waals surface area contributed by atoms with Crippen LogP contribution in [0.15, 0.2) is 40.9 Å². The summed E-state index contributed by atoms with van der Waals surface area (Å²) in [5.74, 6) is 0.879. The third-order valence-electron chi connectivity index (χ3n) is 2.66. The molecule has 2 rings (SSSR count). The van der Waals surface area contributed by atoms with E-state index in [0.29, 0.717) is 11.5 Å². The minimum absolute atomic E-state index is 0.124. The van der Waals surface area contributed by atoms with Gasteiger partial charge in [0.2, 0.25) is 0 Å². The Balaban J connectivity index is 2.41. The van der Waals surface area contributed by atoms with E-state index < -0.39 is 4.92 Å². The molecule has 0 radical (unpaired) electrons. The number of benzene rings is 2. The summed E-state index contributed by atoms with van der Waals surface area (Å²) >= 11 is 3.34. The number of hydrogen-bond donors (Lipinski definition) is 0. The van der Waals surface area contributed by atoms with E-state index in [9.17, 15) is 10.1 Å². The Labute approximate surface area is 123 Å². The molecular formula is C14H9BrN2O3. The monoisotopic (exact) mass is 332 g/mol. The van der Waals surface area contributed by atoms with E-state index in [1.54, 1.807) is 6.07 Å². The second-order valence-corrected chi connectivity index (χ2v) is 4.98. The predicted molar refractivity (Wildman–Crippen MR) is 76.8 cm³/mol. The van der Waals surface area contributed by atoms with E-state index in [1.807, 2.05) is 25.1 Å². The Morgan fingerprint density at radius 3 is 2.65 bits per heavy atom. The van der Waals surface area contributed by atoms with E-state index in [-0.39, 0.29) is 11.3 Å². The zero-order valence-electron chi connectivity index (χ0n) is 10.5. The van der Waals surface area contributed by atoms with Gasteiger partial charge in [0.1, 0.15) is 23.1 Å². The summed E-state index contributed by atoms with van der Waals surface area (Å²) in [5.41, 5.74) is 0.883. The van der Waals surface area contributed by atoms with Gasteiger partial charge in [-0.15, -0.1) is 0 Å². The quantitative estimate of drug-likeness (QED) is 0.619. The van der Waals surface area contributed by atoms with Gasteiger partial charge in [0.15, 0.2) is 0 Å². The molecular weight excluding hydrogens is 324 g/mol. The number of nitro benzene ring substituents is 1. The lowest BCUT2D eigenvalue weighted by Crippen LogP contribution is -1.93. The summed E-state index contributed by atoms with van der Waals surface area (Å²) < 4.78 is 6.52. The van der Waals surface area contributed by atoms with E-state index in [1.165, 1.54) is 18.2 Å². The van der Waals surface area contributed by atoms with Crippen molar-refractivity contribution in [2.24, 2.45) is 0 Å². The molecule has 0 saturated heterocycles. The molecule has 2 aromatic rings. The second-order valence-electron chi connectivity index (χ2n) is 4.06. The van der Waals surface area contributed by atoms with Gasteiger partial charge in [-0.1, -0.05) is 22.0 Å². The second kappa shape index (κ2) is 5.72. The van der Waals surface area contributed by atoms with E-state index in [2.05, 4.69) is 15.9 Å². The number of halogens is 1. The summed E-state index contributed by atoms with van der Waals surface area (Å²) in [6, 6.07) is 11.4. The Bertz CT molecular complexity index is 723. The minimum Gasteiger partial charge on any atom is -0.456 e. The van der Waals surface area contributed by atoms with Crippen LogP contribution in [0.5, 0.6) is 11.5 Å². The summed E-state index contributed by atoms with van der Waals surface area (Å²) in [5, 5.41) is 19.8. The van der Waals surface area contributed by atoms with Gasteiger partial charge in [-0.2, -0.15) is 5.26 Å². The number of nitrogens with zero attached hydrogens (tertiary/aromatic N) is 2. The third kappa shape index (κ3) is 2.95. The van der Waals surface area contributed by atoms with Crippen LogP contribution in [-0.4, -0.2) is 4.92 Å². The topological polar surface area (TPSA) is 76.2 Å². The molecule has 0 aliphatic rings. The highest BCUT2D eigenvalue weighted by Crippen LogP contribution is 2.31. The summed E-state index contributed by atoms with van der Waals surface area (Å²) in [7, 11) is 0. The number of aryl methyl sites for hydroxylation is 1. The van der Waals surface area contributed by atoms with Gasteiger partial charge in [-0.25, -0.2) is 0 Å². The molecule has 0 unspecified atom stereocenters. The van der Waals surface area contributed by atoms with Crippen molar-refractivity contribution in [1.29, 1.82) is 5.26 Å². The predicted octanol–water partition coefficient (Wildman–Crippen LogP) is 4.33. The van der Waals surface area contributed by atoms with Crippen molar-refractivity contribution in [2.45, 2.75) is 6.92 Å². The third-order valence-corrected chi connectivity index (χ3v) is 3.16. The van der Waals surface area contributed by atoms with Crippen LogP contribution in [0.3, 0.4) is 0 Å². The van der Waals surface area contributed by atoms with Crippen molar-refractivity contribution < 1.29 is 9.66 Å². The van der Waals surface area contributed by atoms with Crippen LogP contribution >= 0.6 is 15.9 Å². The van der Waals surface area contributed by atoms with Gasteiger partial charge in [0.05, 0.1) is 4.92 Å². The maximum atomic E-state index is 10.7. The molecule has 0 spiro atoms. The first-order valence-electron chi connectivity index (χ1n) is 5.64. The number of hydrogen-bond acceptors (Lipinski definition) is 4. The fourth-order valence-electron chi connectivity index (χ4n) is 1.61. The molecule has 20 heavy (non-hydrogen) atoms. The molecule has 0 N–H and O–H groups in total. The largest absolute Gasteiger partial charge is 0.456 e.